The maximum absolute atomic E-state index is 5.38. The number of hydrogen-bond acceptors (Lipinski definition) is 4. The van der Waals surface area contributed by atoms with Crippen LogP contribution in [0, 0.1) is 0 Å². The maximum atomic E-state index is 5.38. The van der Waals surface area contributed by atoms with Gasteiger partial charge in [-0.1, -0.05) is 72.8 Å². The first-order valence-corrected chi connectivity index (χ1v) is 9.77. The van der Waals surface area contributed by atoms with E-state index in [-0.39, 0.29) is 11.2 Å². The van der Waals surface area contributed by atoms with Crippen LogP contribution in [0.3, 0.4) is 0 Å². The molecule has 0 saturated heterocycles. The van der Waals surface area contributed by atoms with Gasteiger partial charge in [0.1, 0.15) is 0 Å². The van der Waals surface area contributed by atoms with Crippen molar-refractivity contribution in [3.05, 3.63) is 102 Å². The minimum Gasteiger partial charge on any atom is -0.375 e. The highest BCUT2D eigenvalue weighted by Crippen LogP contribution is 2.36. The van der Waals surface area contributed by atoms with E-state index in [0.29, 0.717) is 0 Å². The Morgan fingerprint density at radius 2 is 1.66 bits per heavy atom. The van der Waals surface area contributed by atoms with Gasteiger partial charge in [-0.15, -0.1) is 0 Å². The molecule has 1 atom stereocenters. The minimum atomic E-state index is 0.142. The highest BCUT2D eigenvalue weighted by Gasteiger charge is 2.29. The van der Waals surface area contributed by atoms with E-state index < -0.39 is 0 Å². The second-order valence-corrected chi connectivity index (χ2v) is 7.15. The Bertz CT molecular complexity index is 1030. The molecule has 6 heteroatoms. The number of nitrogens with two attached hydrogens (primary N) is 1. The summed E-state index contributed by atoms with van der Waals surface area (Å²) >= 11 is 4.75. The van der Waals surface area contributed by atoms with Crippen LogP contribution in [0.2, 0.25) is 0 Å². The quantitative estimate of drug-likeness (QED) is 0.383. The summed E-state index contributed by atoms with van der Waals surface area (Å²) in [6, 6.07) is 29.1. The van der Waals surface area contributed by atoms with Gasteiger partial charge in [0, 0.05) is 6.42 Å². The van der Waals surface area contributed by atoms with Crippen LogP contribution in [0.1, 0.15) is 29.2 Å². The predicted molar refractivity (Wildman–Crippen MR) is 123 cm³/mol. The molecule has 1 aliphatic rings. The van der Waals surface area contributed by atoms with Gasteiger partial charge in [-0.2, -0.15) is 10.2 Å². The van der Waals surface area contributed by atoms with Crippen LogP contribution in [0.4, 0.5) is 5.69 Å². The zero-order valence-electron chi connectivity index (χ0n) is 15.8. The molecule has 4 rings (SSSR count). The summed E-state index contributed by atoms with van der Waals surface area (Å²) in [5.41, 5.74) is 13.4. The average molecular weight is 400 g/mol. The molecule has 3 aromatic rings. The van der Waals surface area contributed by atoms with Crippen LogP contribution in [-0.4, -0.2) is 17.0 Å². The zero-order valence-corrected chi connectivity index (χ0v) is 16.6. The largest absolute Gasteiger partial charge is 0.375 e. The van der Waals surface area contributed by atoms with Crippen LogP contribution in [0.25, 0.3) is 0 Å². The number of anilines is 1. The normalized spacial score (nSPS) is 16.1. The average Bonchev–Trinajstić information content (AvgIpc) is 3.21. The van der Waals surface area contributed by atoms with Crippen LogP contribution >= 0.6 is 12.2 Å². The van der Waals surface area contributed by atoms with E-state index in [2.05, 4.69) is 64.1 Å². The van der Waals surface area contributed by atoms with Gasteiger partial charge in [-0.05, 0) is 41.0 Å². The van der Waals surface area contributed by atoms with E-state index in [1.807, 2.05) is 36.4 Å². The van der Waals surface area contributed by atoms with E-state index >= 15 is 0 Å². The molecular formula is C23H21N5S. The van der Waals surface area contributed by atoms with Crippen molar-refractivity contribution < 1.29 is 0 Å². The summed E-state index contributed by atoms with van der Waals surface area (Å²) in [5, 5.41) is 11.2. The van der Waals surface area contributed by atoms with Crippen molar-refractivity contribution in [3.8, 4) is 0 Å². The number of rotatable bonds is 5. The fourth-order valence-electron chi connectivity index (χ4n) is 3.37. The lowest BCUT2D eigenvalue weighted by Crippen LogP contribution is -2.24. The Hall–Kier alpha value is -3.51. The van der Waals surface area contributed by atoms with Gasteiger partial charge in [0.25, 0.3) is 0 Å². The zero-order chi connectivity index (χ0) is 20.1. The van der Waals surface area contributed by atoms with Gasteiger partial charge in [0.2, 0.25) is 0 Å². The number of nitrogens with one attached hydrogen (secondary N) is 1. The molecule has 0 fully saturated rings. The van der Waals surface area contributed by atoms with Gasteiger partial charge in [0.05, 0.1) is 23.7 Å². The lowest BCUT2D eigenvalue weighted by molar-refractivity contribution is 0.709. The summed E-state index contributed by atoms with van der Waals surface area (Å²) in [6.07, 6.45) is 2.54. The molecule has 144 valence electrons. The smallest absolute Gasteiger partial charge is 0.184 e. The molecule has 0 bridgehead atoms. The standard InChI is InChI=1S/C23H21N5S/c24-23(29)26-25-16-17-11-13-20(14-12-17)28-22(19-9-5-2-6-10-19)15-21(27-28)18-7-3-1-4-8-18/h1-14,16,22H,15H2,(H3,24,26,29). The van der Waals surface area contributed by atoms with Crippen molar-refractivity contribution in [1.29, 1.82) is 0 Å². The molecule has 1 heterocycles. The Balaban J connectivity index is 1.63. The van der Waals surface area contributed by atoms with E-state index in [1.54, 1.807) is 6.21 Å². The van der Waals surface area contributed by atoms with Crippen LogP contribution < -0.4 is 16.2 Å². The maximum Gasteiger partial charge on any atom is 0.184 e. The molecule has 29 heavy (non-hydrogen) atoms. The lowest BCUT2D eigenvalue weighted by atomic mass is 9.98. The molecule has 0 spiro atoms. The predicted octanol–water partition coefficient (Wildman–Crippen LogP) is 4.21. The first-order valence-electron chi connectivity index (χ1n) is 9.36. The Morgan fingerprint density at radius 1 is 1.00 bits per heavy atom. The summed E-state index contributed by atoms with van der Waals surface area (Å²) in [5.74, 6) is 0. The monoisotopic (exact) mass is 399 g/mol. The van der Waals surface area contributed by atoms with Crippen molar-refractivity contribution in [2.45, 2.75) is 12.5 Å². The van der Waals surface area contributed by atoms with E-state index in [9.17, 15) is 0 Å². The van der Waals surface area contributed by atoms with Crippen LogP contribution in [0.5, 0.6) is 0 Å². The highest BCUT2D eigenvalue weighted by atomic mass is 32.1. The molecule has 0 saturated carbocycles. The number of thiocarbonyl (C=S) groups is 1. The van der Waals surface area contributed by atoms with Crippen molar-refractivity contribution in [3.63, 3.8) is 0 Å². The summed E-state index contributed by atoms with van der Waals surface area (Å²) in [6.45, 7) is 0. The Morgan fingerprint density at radius 3 is 2.31 bits per heavy atom. The molecule has 0 aromatic heterocycles. The van der Waals surface area contributed by atoms with Crippen LogP contribution in [0.15, 0.2) is 95.1 Å². The Kier molecular flexibility index (Phi) is 5.63. The third-order valence-corrected chi connectivity index (χ3v) is 4.84. The first-order chi connectivity index (χ1) is 14.2. The van der Waals surface area contributed by atoms with Gasteiger partial charge < -0.3 is 5.73 Å². The number of hydrazone groups is 2. The minimum absolute atomic E-state index is 0.142. The van der Waals surface area contributed by atoms with Crippen LogP contribution in [-0.2, 0) is 0 Å². The molecule has 1 aliphatic heterocycles. The van der Waals surface area contributed by atoms with Crippen molar-refractivity contribution in [2.24, 2.45) is 15.9 Å². The molecule has 1 unspecified atom stereocenters. The molecule has 5 nitrogen and oxygen atoms in total. The van der Waals surface area contributed by atoms with Gasteiger partial charge >= 0.3 is 0 Å². The third kappa shape index (κ3) is 4.50. The van der Waals surface area contributed by atoms with Crippen molar-refractivity contribution >= 4 is 34.9 Å². The third-order valence-electron chi connectivity index (χ3n) is 4.75. The first kappa shape index (κ1) is 18.8. The lowest BCUT2D eigenvalue weighted by Gasteiger charge is -2.24. The van der Waals surface area contributed by atoms with Gasteiger partial charge in [-0.25, -0.2) is 0 Å². The second kappa shape index (κ2) is 8.67. The Labute approximate surface area is 175 Å². The van der Waals surface area contributed by atoms with Crippen molar-refractivity contribution in [1.82, 2.24) is 5.43 Å². The fraction of sp³-hybridized carbons (Fsp3) is 0.0870. The van der Waals surface area contributed by atoms with E-state index in [0.717, 1.165) is 28.9 Å². The SMILES string of the molecule is NC(=S)NN=Cc1ccc(N2N=C(c3ccccc3)CC2c2ccccc2)cc1. The fourth-order valence-corrected chi connectivity index (χ4v) is 3.42. The van der Waals surface area contributed by atoms with Gasteiger partial charge in [-0.3, -0.25) is 10.4 Å². The number of nitrogens with zero attached hydrogens (tertiary/aromatic N) is 3. The molecule has 3 N–H and O–H groups in total. The summed E-state index contributed by atoms with van der Waals surface area (Å²) < 4.78 is 0. The number of hydrogen-bond donors (Lipinski definition) is 2. The summed E-state index contributed by atoms with van der Waals surface area (Å²) in [4.78, 5) is 0. The van der Waals surface area contributed by atoms with Crippen molar-refractivity contribution in [2.75, 3.05) is 5.01 Å². The molecule has 0 aliphatic carbocycles. The highest BCUT2D eigenvalue weighted by molar-refractivity contribution is 7.80. The van der Waals surface area contributed by atoms with E-state index in [4.69, 9.17) is 23.1 Å². The molecular weight excluding hydrogens is 378 g/mol. The molecule has 3 aromatic carbocycles. The molecule has 0 amide bonds. The van der Waals surface area contributed by atoms with E-state index in [1.165, 1.54) is 5.56 Å². The number of benzene rings is 3. The molecule has 0 radical (unpaired) electrons. The second-order valence-electron chi connectivity index (χ2n) is 6.71. The summed E-state index contributed by atoms with van der Waals surface area (Å²) in [7, 11) is 0. The van der Waals surface area contributed by atoms with Gasteiger partial charge in [0.15, 0.2) is 5.11 Å². The topological polar surface area (TPSA) is 66.0 Å².